The van der Waals surface area contributed by atoms with Crippen molar-refractivity contribution in [3.8, 4) is 0 Å². The number of anilines is 1. The first-order valence-electron chi connectivity index (χ1n) is 8.48. The van der Waals surface area contributed by atoms with E-state index >= 15 is 0 Å². The lowest BCUT2D eigenvalue weighted by Crippen LogP contribution is -2.21. The molecule has 3 rings (SSSR count). The van der Waals surface area contributed by atoms with E-state index in [0.717, 1.165) is 29.8 Å². The van der Waals surface area contributed by atoms with Crippen LogP contribution in [0.3, 0.4) is 0 Å². The zero-order valence-electron chi connectivity index (χ0n) is 13.7. The molecule has 0 bridgehead atoms. The second-order valence-corrected chi connectivity index (χ2v) is 6.33. The highest BCUT2D eigenvalue weighted by atomic mass is 16.1. The van der Waals surface area contributed by atoms with Gasteiger partial charge in [0, 0.05) is 22.7 Å². The number of hydrogen-bond acceptors (Lipinski definition) is 3. The molecule has 1 saturated carbocycles. The van der Waals surface area contributed by atoms with Crippen LogP contribution in [0.25, 0.3) is 0 Å². The Hall–Kier alpha value is -2.62. The van der Waals surface area contributed by atoms with Gasteiger partial charge in [0.25, 0.3) is 0 Å². The number of hydrogen-bond donors (Lipinski definition) is 2. The largest absolute Gasteiger partial charge is 0.398 e. The summed E-state index contributed by atoms with van der Waals surface area (Å²) in [6.07, 6.45) is 5.98. The van der Waals surface area contributed by atoms with Crippen molar-refractivity contribution < 1.29 is 4.79 Å². The highest BCUT2D eigenvalue weighted by Gasteiger charge is 2.22. The van der Waals surface area contributed by atoms with Crippen LogP contribution in [-0.4, -0.2) is 11.6 Å². The minimum Gasteiger partial charge on any atom is -0.398 e. The molecular weight excluding hydrogens is 298 g/mol. The van der Waals surface area contributed by atoms with Gasteiger partial charge in [0.1, 0.15) is 0 Å². The molecule has 4 N–H and O–H groups in total. The average Bonchev–Trinajstić information content (AvgIpc) is 2.61. The number of amides is 1. The third-order valence-electron chi connectivity index (χ3n) is 4.61. The SMILES string of the molecule is NC(=O)c1ccc(C(=Nc2ccccc2)C2CCCCC2)c(N)c1. The molecule has 1 amide bonds. The molecule has 4 heteroatoms. The fourth-order valence-corrected chi connectivity index (χ4v) is 3.34. The Bertz CT molecular complexity index is 747. The van der Waals surface area contributed by atoms with Gasteiger partial charge in [-0.15, -0.1) is 0 Å². The Balaban J connectivity index is 2.04. The van der Waals surface area contributed by atoms with Gasteiger partial charge in [-0.1, -0.05) is 43.5 Å². The van der Waals surface area contributed by atoms with Gasteiger partial charge in [-0.3, -0.25) is 9.79 Å². The lowest BCUT2D eigenvalue weighted by atomic mass is 9.82. The molecule has 0 unspecified atom stereocenters. The molecular formula is C20H23N3O. The smallest absolute Gasteiger partial charge is 0.248 e. The normalized spacial score (nSPS) is 16.1. The molecule has 0 aliphatic heterocycles. The van der Waals surface area contributed by atoms with Crippen molar-refractivity contribution in [3.05, 3.63) is 59.7 Å². The molecule has 4 nitrogen and oxygen atoms in total. The quantitative estimate of drug-likeness (QED) is 0.657. The van der Waals surface area contributed by atoms with E-state index in [4.69, 9.17) is 16.5 Å². The molecule has 1 fully saturated rings. The molecule has 0 atom stereocenters. The van der Waals surface area contributed by atoms with Crippen LogP contribution >= 0.6 is 0 Å². The van der Waals surface area contributed by atoms with Crippen molar-refractivity contribution in [2.45, 2.75) is 32.1 Å². The summed E-state index contributed by atoms with van der Waals surface area (Å²) in [6.45, 7) is 0. The summed E-state index contributed by atoms with van der Waals surface area (Å²) in [5.74, 6) is -0.0619. The van der Waals surface area contributed by atoms with Crippen LogP contribution in [0.1, 0.15) is 48.0 Å². The number of primary amides is 1. The van der Waals surface area contributed by atoms with Crippen LogP contribution in [0.5, 0.6) is 0 Å². The van der Waals surface area contributed by atoms with Crippen LogP contribution in [0, 0.1) is 5.92 Å². The minimum absolute atomic E-state index is 0.403. The van der Waals surface area contributed by atoms with Crippen LogP contribution in [-0.2, 0) is 0 Å². The number of aliphatic imine (C=N–C) groups is 1. The predicted molar refractivity (Wildman–Crippen MR) is 98.6 cm³/mol. The Kier molecular flexibility index (Phi) is 4.94. The zero-order chi connectivity index (χ0) is 16.9. The Morgan fingerprint density at radius 2 is 1.71 bits per heavy atom. The molecule has 2 aromatic carbocycles. The van der Waals surface area contributed by atoms with E-state index in [1.165, 1.54) is 19.3 Å². The van der Waals surface area contributed by atoms with Gasteiger partial charge in [0.15, 0.2) is 0 Å². The van der Waals surface area contributed by atoms with Crippen molar-refractivity contribution in [1.29, 1.82) is 0 Å². The van der Waals surface area contributed by atoms with Gasteiger partial charge in [0.05, 0.1) is 11.4 Å². The molecule has 124 valence electrons. The Morgan fingerprint density at radius 1 is 1.00 bits per heavy atom. The summed E-state index contributed by atoms with van der Waals surface area (Å²) >= 11 is 0. The molecule has 0 radical (unpaired) electrons. The lowest BCUT2D eigenvalue weighted by Gasteiger charge is -2.24. The van der Waals surface area contributed by atoms with Crippen LogP contribution in [0.4, 0.5) is 11.4 Å². The topological polar surface area (TPSA) is 81.5 Å². The summed E-state index contributed by atoms with van der Waals surface area (Å²) < 4.78 is 0. The van der Waals surface area contributed by atoms with Gasteiger partial charge in [-0.25, -0.2) is 0 Å². The van der Waals surface area contributed by atoms with Crippen LogP contribution in [0.2, 0.25) is 0 Å². The molecule has 0 spiro atoms. The maximum atomic E-state index is 11.4. The summed E-state index contributed by atoms with van der Waals surface area (Å²) in [7, 11) is 0. The molecule has 0 heterocycles. The highest BCUT2D eigenvalue weighted by molar-refractivity contribution is 6.08. The average molecular weight is 321 g/mol. The standard InChI is InChI=1S/C20H23N3O/c21-18-13-15(20(22)24)11-12-17(18)19(14-7-3-1-4-8-14)23-16-9-5-2-6-10-16/h2,5-6,9-14H,1,3-4,7-8,21H2,(H2,22,24). The maximum Gasteiger partial charge on any atom is 0.248 e. The number of nitrogen functional groups attached to an aromatic ring is 1. The van der Waals surface area contributed by atoms with Gasteiger partial charge >= 0.3 is 0 Å². The van der Waals surface area contributed by atoms with Crippen molar-refractivity contribution in [3.63, 3.8) is 0 Å². The van der Waals surface area contributed by atoms with Gasteiger partial charge in [0.2, 0.25) is 5.91 Å². The highest BCUT2D eigenvalue weighted by Crippen LogP contribution is 2.31. The Morgan fingerprint density at radius 3 is 2.33 bits per heavy atom. The molecule has 1 aliphatic rings. The lowest BCUT2D eigenvalue weighted by molar-refractivity contribution is 0.100. The van der Waals surface area contributed by atoms with E-state index < -0.39 is 5.91 Å². The van der Waals surface area contributed by atoms with Crippen molar-refractivity contribution in [2.24, 2.45) is 16.6 Å². The number of rotatable bonds is 4. The summed E-state index contributed by atoms with van der Waals surface area (Å²) in [4.78, 5) is 16.3. The first-order chi connectivity index (χ1) is 11.6. The van der Waals surface area contributed by atoms with E-state index in [9.17, 15) is 4.79 Å². The molecule has 1 aliphatic carbocycles. The second-order valence-electron chi connectivity index (χ2n) is 6.33. The second kappa shape index (κ2) is 7.30. The van der Waals surface area contributed by atoms with Crippen molar-refractivity contribution in [2.75, 3.05) is 5.73 Å². The predicted octanol–water partition coefficient (Wildman–Crippen LogP) is 4.07. The number of para-hydroxylation sites is 1. The summed E-state index contributed by atoms with van der Waals surface area (Å²) in [6, 6.07) is 15.2. The molecule has 24 heavy (non-hydrogen) atoms. The number of nitrogens with two attached hydrogens (primary N) is 2. The monoisotopic (exact) mass is 321 g/mol. The number of nitrogens with zero attached hydrogens (tertiary/aromatic N) is 1. The maximum absolute atomic E-state index is 11.4. The number of benzene rings is 2. The first-order valence-corrected chi connectivity index (χ1v) is 8.48. The van der Waals surface area contributed by atoms with Crippen LogP contribution in [0.15, 0.2) is 53.5 Å². The Labute approximate surface area is 142 Å². The fourth-order valence-electron chi connectivity index (χ4n) is 3.34. The van der Waals surface area contributed by atoms with Crippen molar-refractivity contribution in [1.82, 2.24) is 0 Å². The van der Waals surface area contributed by atoms with E-state index in [2.05, 4.69) is 0 Å². The molecule has 0 aromatic heterocycles. The third kappa shape index (κ3) is 3.65. The number of carbonyl (C=O) groups is 1. The van der Waals surface area contributed by atoms with E-state index in [-0.39, 0.29) is 0 Å². The first kappa shape index (κ1) is 16.2. The van der Waals surface area contributed by atoms with Gasteiger partial charge in [-0.2, -0.15) is 0 Å². The van der Waals surface area contributed by atoms with E-state index in [1.807, 2.05) is 36.4 Å². The van der Waals surface area contributed by atoms with E-state index in [0.29, 0.717) is 17.2 Å². The summed E-state index contributed by atoms with van der Waals surface area (Å²) in [5, 5.41) is 0. The fraction of sp³-hybridized carbons (Fsp3) is 0.300. The van der Waals surface area contributed by atoms with Crippen LogP contribution < -0.4 is 11.5 Å². The third-order valence-corrected chi connectivity index (χ3v) is 4.61. The zero-order valence-corrected chi connectivity index (χ0v) is 13.7. The van der Waals surface area contributed by atoms with Crippen molar-refractivity contribution >= 4 is 23.0 Å². The molecule has 2 aromatic rings. The summed E-state index contributed by atoms with van der Waals surface area (Å²) in [5.41, 5.74) is 15.4. The van der Waals surface area contributed by atoms with Gasteiger partial charge in [-0.05, 0) is 37.1 Å². The molecule has 0 saturated heterocycles. The number of carbonyl (C=O) groups excluding carboxylic acids is 1. The minimum atomic E-state index is -0.465. The van der Waals surface area contributed by atoms with E-state index in [1.54, 1.807) is 12.1 Å². The van der Waals surface area contributed by atoms with Gasteiger partial charge < -0.3 is 11.5 Å².